The van der Waals surface area contributed by atoms with Crippen molar-refractivity contribution in [1.29, 1.82) is 0 Å². The first-order valence-corrected chi connectivity index (χ1v) is 26.0. The molecule has 0 unspecified atom stereocenters. The molecule has 0 radical (unpaired) electrons. The zero-order valence-corrected chi connectivity index (χ0v) is 40.5. The quantitative estimate of drug-likeness (QED) is 0.0414. The third kappa shape index (κ3) is 33.8. The molecule has 0 spiro atoms. The van der Waals surface area contributed by atoms with Gasteiger partial charge in [-0.1, -0.05) is 201 Å². The van der Waals surface area contributed by atoms with Gasteiger partial charge in [0, 0.05) is 55.2 Å². The standard InChI is InChI=1S/C27H50N.C21H38N.C8H12N/c1-3-5-7-9-11-12-13-14-15-16-17-19-23-27-24-20-22-26-28(27)25-21-18-10-8-6-4-2;1-3-5-6-7-8-9-10-11-12-13-14-15-18-22-19-16-17-21(4-2)20-22;1-3-8-4-6-9(2)7-5-8/h20,22,24,26H,3-19,21,23,25H2,1-2H3;16-17,19-20H,3-15,18H2,1-2H3;4-7H,3H2,1-2H3/q3*+1. The van der Waals surface area contributed by atoms with E-state index in [-0.39, 0.29) is 0 Å². The highest BCUT2D eigenvalue weighted by atomic mass is 14.9. The molecule has 0 saturated heterocycles. The minimum Gasteiger partial charge on any atom is -0.208 e. The normalized spacial score (nSPS) is 10.9. The van der Waals surface area contributed by atoms with Gasteiger partial charge in [-0.15, -0.1) is 0 Å². The van der Waals surface area contributed by atoms with Crippen LogP contribution in [0.15, 0.2) is 73.4 Å². The number of hydrogen-bond donors (Lipinski definition) is 0. The van der Waals surface area contributed by atoms with Crippen molar-refractivity contribution < 1.29 is 13.7 Å². The van der Waals surface area contributed by atoms with E-state index in [1.165, 1.54) is 223 Å². The highest BCUT2D eigenvalue weighted by molar-refractivity contribution is 5.06. The van der Waals surface area contributed by atoms with Crippen LogP contribution < -0.4 is 13.7 Å². The summed E-state index contributed by atoms with van der Waals surface area (Å²) in [6.45, 7) is 13.7. The van der Waals surface area contributed by atoms with Crippen molar-refractivity contribution in [3.05, 3.63) is 90.3 Å². The van der Waals surface area contributed by atoms with Gasteiger partial charge in [-0.2, -0.15) is 0 Å². The second-order valence-corrected chi connectivity index (χ2v) is 17.7. The molecule has 0 aliphatic heterocycles. The Morgan fingerprint density at radius 3 is 1.24 bits per heavy atom. The predicted molar refractivity (Wildman–Crippen MR) is 259 cm³/mol. The lowest BCUT2D eigenvalue weighted by Gasteiger charge is -2.05. The van der Waals surface area contributed by atoms with E-state index in [0.29, 0.717) is 0 Å². The number of nitrogens with zero attached hydrogens (tertiary/aromatic N) is 3. The van der Waals surface area contributed by atoms with E-state index >= 15 is 0 Å². The maximum Gasteiger partial charge on any atom is 0.181 e. The van der Waals surface area contributed by atoms with Crippen LogP contribution >= 0.6 is 0 Å². The minimum atomic E-state index is 1.13. The summed E-state index contributed by atoms with van der Waals surface area (Å²) in [5.74, 6) is 0. The van der Waals surface area contributed by atoms with E-state index in [1.807, 2.05) is 11.6 Å². The van der Waals surface area contributed by atoms with Gasteiger partial charge in [-0.3, -0.25) is 0 Å². The lowest BCUT2D eigenvalue weighted by Crippen LogP contribution is -2.37. The SMILES string of the molecule is CCCCCCCCCCCCCC[n+]1cccc(CC)c1.CCCCCCCCCCCCCCc1cccc[n+]1CCCCCCCC.CCc1cc[n+](C)cc1. The Bertz CT molecular complexity index is 1280. The van der Waals surface area contributed by atoms with Crippen molar-refractivity contribution >= 4 is 0 Å². The van der Waals surface area contributed by atoms with Crippen LogP contribution in [0.1, 0.15) is 244 Å². The van der Waals surface area contributed by atoms with E-state index in [0.717, 1.165) is 12.8 Å². The summed E-state index contributed by atoms with van der Waals surface area (Å²) in [7, 11) is 2.03. The molecule has 0 aromatic carbocycles. The summed E-state index contributed by atoms with van der Waals surface area (Å²) in [6, 6.07) is 15.4. The molecule has 0 aliphatic carbocycles. The first-order chi connectivity index (χ1) is 29.1. The smallest absolute Gasteiger partial charge is 0.181 e. The van der Waals surface area contributed by atoms with Gasteiger partial charge in [0.25, 0.3) is 0 Å². The zero-order chi connectivity index (χ0) is 42.7. The molecule has 0 fully saturated rings. The summed E-state index contributed by atoms with van der Waals surface area (Å²) in [4.78, 5) is 0. The molecule has 3 heterocycles. The van der Waals surface area contributed by atoms with E-state index in [4.69, 9.17) is 0 Å². The van der Waals surface area contributed by atoms with Crippen LogP contribution in [0.2, 0.25) is 0 Å². The van der Waals surface area contributed by atoms with Crippen molar-refractivity contribution in [3.63, 3.8) is 0 Å². The average Bonchev–Trinajstić information content (AvgIpc) is 3.27. The lowest BCUT2D eigenvalue weighted by molar-refractivity contribution is -0.704. The fraction of sp³-hybridized carbons (Fsp3) is 0.732. The topological polar surface area (TPSA) is 11.6 Å². The van der Waals surface area contributed by atoms with Gasteiger partial charge >= 0.3 is 0 Å². The second kappa shape index (κ2) is 42.2. The average molecular weight is 815 g/mol. The van der Waals surface area contributed by atoms with E-state index in [2.05, 4.69) is 117 Å². The molecule has 59 heavy (non-hydrogen) atoms. The molecule has 3 heteroatoms. The van der Waals surface area contributed by atoms with Crippen LogP contribution in [-0.2, 0) is 39.4 Å². The number of aryl methyl sites for hydroxylation is 6. The number of aromatic nitrogens is 3. The molecule has 0 aliphatic rings. The van der Waals surface area contributed by atoms with Gasteiger partial charge in [0.1, 0.15) is 20.1 Å². The van der Waals surface area contributed by atoms with Gasteiger partial charge in [0.05, 0.1) is 0 Å². The predicted octanol–water partition coefficient (Wildman–Crippen LogP) is 15.9. The summed E-state index contributed by atoms with van der Waals surface area (Å²) >= 11 is 0. The molecular weight excluding hydrogens is 715 g/mol. The van der Waals surface area contributed by atoms with Crippen molar-refractivity contribution in [2.45, 2.75) is 260 Å². The highest BCUT2D eigenvalue weighted by Crippen LogP contribution is 2.14. The first kappa shape index (κ1) is 54.5. The first-order valence-electron chi connectivity index (χ1n) is 26.0. The Labute approximate surface area is 369 Å². The van der Waals surface area contributed by atoms with Crippen LogP contribution in [0.25, 0.3) is 0 Å². The number of unbranched alkanes of at least 4 members (excludes halogenated alkanes) is 27. The van der Waals surface area contributed by atoms with Gasteiger partial charge < -0.3 is 0 Å². The fourth-order valence-electron chi connectivity index (χ4n) is 7.99. The number of hydrogen-bond acceptors (Lipinski definition) is 0. The maximum atomic E-state index is 2.51. The molecule has 0 saturated carbocycles. The second-order valence-electron chi connectivity index (χ2n) is 17.7. The number of rotatable bonds is 35. The van der Waals surface area contributed by atoms with Gasteiger partial charge in [0.2, 0.25) is 0 Å². The molecule has 0 atom stereocenters. The lowest BCUT2D eigenvalue weighted by atomic mass is 10.0. The molecule has 336 valence electrons. The molecule has 0 N–H and O–H groups in total. The number of pyridine rings is 3. The molecule has 3 rings (SSSR count). The fourth-order valence-corrected chi connectivity index (χ4v) is 7.99. The summed E-state index contributed by atoms with van der Waals surface area (Å²) in [5.41, 5.74) is 4.39. The zero-order valence-electron chi connectivity index (χ0n) is 40.5. The third-order valence-corrected chi connectivity index (χ3v) is 12.1. The van der Waals surface area contributed by atoms with Gasteiger partial charge in [-0.05, 0) is 43.7 Å². The molecular formula is C56H100N3+3. The van der Waals surface area contributed by atoms with E-state index in [1.54, 1.807) is 5.69 Å². The Morgan fingerprint density at radius 2 is 0.780 bits per heavy atom. The Hall–Kier alpha value is -2.55. The van der Waals surface area contributed by atoms with Crippen LogP contribution in [0.5, 0.6) is 0 Å². The van der Waals surface area contributed by atoms with Crippen molar-refractivity contribution in [3.8, 4) is 0 Å². The third-order valence-electron chi connectivity index (χ3n) is 12.1. The van der Waals surface area contributed by atoms with Crippen LogP contribution in [0.4, 0.5) is 0 Å². The van der Waals surface area contributed by atoms with Gasteiger partial charge in [-0.25, -0.2) is 13.7 Å². The maximum absolute atomic E-state index is 2.51. The van der Waals surface area contributed by atoms with Crippen molar-refractivity contribution in [2.24, 2.45) is 7.05 Å². The summed E-state index contributed by atoms with van der Waals surface area (Å²) < 4.78 is 6.91. The summed E-state index contributed by atoms with van der Waals surface area (Å²) in [6.07, 6.45) is 57.1. The summed E-state index contributed by atoms with van der Waals surface area (Å²) in [5, 5.41) is 0. The molecule has 0 amide bonds. The Morgan fingerprint density at radius 1 is 0.356 bits per heavy atom. The molecule has 0 bridgehead atoms. The monoisotopic (exact) mass is 815 g/mol. The van der Waals surface area contributed by atoms with Gasteiger partial charge in [0.15, 0.2) is 36.7 Å². The molecule has 3 aromatic heterocycles. The van der Waals surface area contributed by atoms with Crippen molar-refractivity contribution in [1.82, 2.24) is 0 Å². The van der Waals surface area contributed by atoms with Crippen LogP contribution in [0.3, 0.4) is 0 Å². The molecule has 3 aromatic rings. The Balaban J connectivity index is 0.000000495. The highest BCUT2D eigenvalue weighted by Gasteiger charge is 2.09. The van der Waals surface area contributed by atoms with Crippen molar-refractivity contribution in [2.75, 3.05) is 0 Å². The Kier molecular flexibility index (Phi) is 38.9. The largest absolute Gasteiger partial charge is 0.208 e. The van der Waals surface area contributed by atoms with E-state index in [9.17, 15) is 0 Å². The van der Waals surface area contributed by atoms with E-state index < -0.39 is 0 Å². The molecule has 3 nitrogen and oxygen atoms in total. The van der Waals surface area contributed by atoms with Crippen LogP contribution in [0, 0.1) is 0 Å². The minimum absolute atomic E-state index is 1.13. The van der Waals surface area contributed by atoms with Crippen LogP contribution in [-0.4, -0.2) is 0 Å².